The van der Waals surface area contributed by atoms with Crippen LogP contribution in [0.1, 0.15) is 303 Å². The molecule has 0 saturated heterocycles. The highest BCUT2D eigenvalue weighted by Crippen LogP contribution is 2.38. The van der Waals surface area contributed by atoms with Crippen molar-refractivity contribution in [3.05, 3.63) is 60.8 Å². The molecule has 1 amide bonds. The molecule has 3 atom stereocenters. The first-order valence-corrected chi connectivity index (χ1v) is 33.6. The first-order valence-electron chi connectivity index (χ1n) is 32.2. The molecule has 3 unspecified atom stereocenters. The standard InChI is InChI=1S/C66H125N2O6P/c1-6-8-10-12-14-16-18-20-22-24-26-28-30-32-33-34-35-36-38-40-42-44-46-48-50-52-54-56-58-60-66(70)67-64(63-74-75(71,72)73-62-61-68(3,4)5)65(69)59-57-55-53-51-49-47-45-43-41-39-37-31-29-27-25-23-21-19-17-15-13-11-9-7-2/h18,20,24,26,30,32,49,51,57,59,64-65,69H,6-17,19,21-23,25,27-29,31,33-48,50,52-56,58,60-63H2,1-5H3,(H-,67,70,71,72)/b20-18-,26-24-,32-30-,51-49+,59-57+. The Morgan fingerprint density at radius 3 is 1.17 bits per heavy atom. The van der Waals surface area contributed by atoms with Crippen molar-refractivity contribution in [3.8, 4) is 0 Å². The van der Waals surface area contributed by atoms with Crippen molar-refractivity contribution in [2.45, 2.75) is 315 Å². The molecule has 0 aromatic rings. The average Bonchev–Trinajstić information content (AvgIpc) is 3.37. The van der Waals surface area contributed by atoms with Crippen LogP contribution in [0.2, 0.25) is 0 Å². The minimum Gasteiger partial charge on any atom is -0.756 e. The number of hydrogen-bond donors (Lipinski definition) is 2. The van der Waals surface area contributed by atoms with Crippen LogP contribution >= 0.6 is 7.82 Å². The molecule has 440 valence electrons. The van der Waals surface area contributed by atoms with Crippen LogP contribution in [0.3, 0.4) is 0 Å². The third-order valence-electron chi connectivity index (χ3n) is 14.4. The molecule has 75 heavy (non-hydrogen) atoms. The molecule has 0 radical (unpaired) electrons. The number of quaternary nitrogens is 1. The number of phosphoric ester groups is 1. The number of aliphatic hydroxyl groups excluding tert-OH is 1. The minimum atomic E-state index is -4.61. The van der Waals surface area contributed by atoms with E-state index in [4.69, 9.17) is 9.05 Å². The molecular weight excluding hydrogens is 948 g/mol. The van der Waals surface area contributed by atoms with Gasteiger partial charge in [0.1, 0.15) is 13.2 Å². The van der Waals surface area contributed by atoms with Crippen molar-refractivity contribution in [2.24, 2.45) is 0 Å². The fourth-order valence-electron chi connectivity index (χ4n) is 9.41. The highest BCUT2D eigenvalue weighted by molar-refractivity contribution is 7.45. The van der Waals surface area contributed by atoms with E-state index in [1.807, 2.05) is 27.2 Å². The molecule has 9 heteroatoms. The number of amides is 1. The summed E-state index contributed by atoms with van der Waals surface area (Å²) in [6, 6.07) is -0.907. The third-order valence-corrected chi connectivity index (χ3v) is 15.4. The Balaban J connectivity index is 4.17. The predicted molar refractivity (Wildman–Crippen MR) is 325 cm³/mol. The largest absolute Gasteiger partial charge is 0.756 e. The average molecular weight is 1070 g/mol. The lowest BCUT2D eigenvalue weighted by atomic mass is 10.0. The highest BCUT2D eigenvalue weighted by atomic mass is 31.2. The Bertz CT molecular complexity index is 1400. The van der Waals surface area contributed by atoms with E-state index >= 15 is 0 Å². The zero-order chi connectivity index (χ0) is 54.9. The van der Waals surface area contributed by atoms with Crippen molar-refractivity contribution in [1.29, 1.82) is 0 Å². The Labute approximate surface area is 466 Å². The molecule has 0 fully saturated rings. The Morgan fingerprint density at radius 2 is 0.787 bits per heavy atom. The zero-order valence-corrected chi connectivity index (χ0v) is 51.1. The van der Waals surface area contributed by atoms with E-state index in [1.54, 1.807) is 6.08 Å². The van der Waals surface area contributed by atoms with E-state index in [-0.39, 0.29) is 12.5 Å². The highest BCUT2D eigenvalue weighted by Gasteiger charge is 2.23. The van der Waals surface area contributed by atoms with Gasteiger partial charge in [-0.25, -0.2) is 0 Å². The summed E-state index contributed by atoms with van der Waals surface area (Å²) < 4.78 is 23.4. The first kappa shape index (κ1) is 73.2. The van der Waals surface area contributed by atoms with Crippen LogP contribution in [0.25, 0.3) is 0 Å². The summed E-state index contributed by atoms with van der Waals surface area (Å²) in [7, 11) is 1.25. The maximum absolute atomic E-state index is 13.0. The van der Waals surface area contributed by atoms with Crippen LogP contribution in [0.4, 0.5) is 0 Å². The van der Waals surface area contributed by atoms with E-state index in [9.17, 15) is 19.4 Å². The molecule has 8 nitrogen and oxygen atoms in total. The molecule has 0 saturated carbocycles. The number of rotatable bonds is 59. The molecular formula is C66H125N2O6P. The number of carbonyl (C=O) groups is 1. The predicted octanol–water partition coefficient (Wildman–Crippen LogP) is 19.4. The number of unbranched alkanes of at least 4 members (excludes halogenated alkanes) is 38. The van der Waals surface area contributed by atoms with Crippen LogP contribution in [0.5, 0.6) is 0 Å². The third kappa shape index (κ3) is 59.7. The van der Waals surface area contributed by atoms with Gasteiger partial charge in [-0.05, 0) is 70.6 Å². The van der Waals surface area contributed by atoms with Crippen LogP contribution in [0.15, 0.2) is 60.8 Å². The van der Waals surface area contributed by atoms with Gasteiger partial charge in [-0.15, -0.1) is 0 Å². The number of aliphatic hydroxyl groups is 1. The SMILES string of the molecule is CCCCCCC/C=C\C/C=C\C/C=C\CCCCCCCCCCCCCCCCC(=O)NC(COP(=O)([O-])OCC[N+](C)(C)C)C(O)/C=C/CC/C=C/CCCCCCCCCCCCCCCCCCCC. The van der Waals surface area contributed by atoms with Gasteiger partial charge < -0.3 is 28.8 Å². The molecule has 0 spiro atoms. The summed E-state index contributed by atoms with van der Waals surface area (Å²) in [5.41, 5.74) is 0. The topological polar surface area (TPSA) is 108 Å². The van der Waals surface area contributed by atoms with Gasteiger partial charge >= 0.3 is 0 Å². The fourth-order valence-corrected chi connectivity index (χ4v) is 10.1. The van der Waals surface area contributed by atoms with Gasteiger partial charge in [0.25, 0.3) is 7.82 Å². The van der Waals surface area contributed by atoms with Crippen molar-refractivity contribution >= 4 is 13.7 Å². The Morgan fingerprint density at radius 1 is 0.467 bits per heavy atom. The van der Waals surface area contributed by atoms with Crippen molar-refractivity contribution in [3.63, 3.8) is 0 Å². The van der Waals surface area contributed by atoms with Gasteiger partial charge in [0.05, 0.1) is 39.9 Å². The van der Waals surface area contributed by atoms with Crippen LogP contribution in [-0.4, -0.2) is 68.5 Å². The summed E-state index contributed by atoms with van der Waals surface area (Å²) >= 11 is 0. The van der Waals surface area contributed by atoms with Crippen molar-refractivity contribution in [1.82, 2.24) is 5.32 Å². The second kappa shape index (κ2) is 56.9. The van der Waals surface area contributed by atoms with Crippen LogP contribution < -0.4 is 10.2 Å². The van der Waals surface area contributed by atoms with E-state index < -0.39 is 26.6 Å². The molecule has 0 aliphatic rings. The quantitative estimate of drug-likeness (QED) is 0.0272. The summed E-state index contributed by atoms with van der Waals surface area (Å²) in [6.07, 6.45) is 77.5. The number of likely N-dealkylation sites (N-methyl/N-ethyl adjacent to an activating group) is 1. The molecule has 0 aromatic heterocycles. The van der Waals surface area contributed by atoms with E-state index in [0.29, 0.717) is 17.4 Å². The van der Waals surface area contributed by atoms with E-state index in [2.05, 4.69) is 67.8 Å². The van der Waals surface area contributed by atoms with Gasteiger partial charge in [-0.2, -0.15) is 0 Å². The van der Waals surface area contributed by atoms with Crippen molar-refractivity contribution < 1.29 is 32.9 Å². The summed E-state index contributed by atoms with van der Waals surface area (Å²) in [6.45, 7) is 4.65. The number of nitrogens with zero attached hydrogens (tertiary/aromatic N) is 1. The second-order valence-electron chi connectivity index (χ2n) is 23.1. The van der Waals surface area contributed by atoms with Gasteiger partial charge in [0, 0.05) is 6.42 Å². The first-order chi connectivity index (χ1) is 36.5. The van der Waals surface area contributed by atoms with E-state index in [1.165, 1.54) is 231 Å². The lowest BCUT2D eigenvalue weighted by molar-refractivity contribution is -0.870. The Hall–Kier alpha value is -1.80. The molecule has 0 aliphatic heterocycles. The summed E-state index contributed by atoms with van der Waals surface area (Å²) in [4.78, 5) is 25.6. The second-order valence-corrected chi connectivity index (χ2v) is 24.5. The normalized spacial score (nSPS) is 14.2. The minimum absolute atomic E-state index is 0.00727. The molecule has 0 aliphatic carbocycles. The molecule has 0 heterocycles. The van der Waals surface area contributed by atoms with Crippen LogP contribution in [0, 0.1) is 0 Å². The van der Waals surface area contributed by atoms with Gasteiger partial charge in [0.2, 0.25) is 5.91 Å². The van der Waals surface area contributed by atoms with Crippen molar-refractivity contribution in [2.75, 3.05) is 40.9 Å². The molecule has 0 rings (SSSR count). The number of phosphoric acid groups is 1. The molecule has 0 aromatic carbocycles. The maximum atomic E-state index is 13.0. The van der Waals surface area contributed by atoms with Crippen LogP contribution in [-0.2, 0) is 18.4 Å². The number of nitrogens with one attached hydrogen (secondary N) is 1. The Kier molecular flexibility index (Phi) is 55.5. The number of allylic oxidation sites excluding steroid dienone is 9. The number of carbonyl (C=O) groups excluding carboxylic acids is 1. The summed E-state index contributed by atoms with van der Waals surface area (Å²) in [5.74, 6) is -0.206. The monoisotopic (exact) mass is 1070 g/mol. The fraction of sp³-hybridized carbons (Fsp3) is 0.833. The van der Waals surface area contributed by atoms with Gasteiger partial charge in [0.15, 0.2) is 0 Å². The van der Waals surface area contributed by atoms with E-state index in [0.717, 1.165) is 51.4 Å². The lowest BCUT2D eigenvalue weighted by Gasteiger charge is -2.29. The number of hydrogen-bond acceptors (Lipinski definition) is 6. The van der Waals surface area contributed by atoms with Gasteiger partial charge in [-0.1, -0.05) is 286 Å². The van der Waals surface area contributed by atoms with Gasteiger partial charge in [-0.3, -0.25) is 9.36 Å². The zero-order valence-electron chi connectivity index (χ0n) is 50.3. The molecule has 0 bridgehead atoms. The smallest absolute Gasteiger partial charge is 0.268 e. The lowest BCUT2D eigenvalue weighted by Crippen LogP contribution is -2.45. The molecule has 2 N–H and O–H groups in total. The maximum Gasteiger partial charge on any atom is 0.268 e. The summed E-state index contributed by atoms with van der Waals surface area (Å²) in [5, 5.41) is 13.9.